The quantitative estimate of drug-likeness (QED) is 0.495. The number of fused-ring (bicyclic) bond motifs is 1. The fourth-order valence-corrected chi connectivity index (χ4v) is 5.48. The summed E-state index contributed by atoms with van der Waals surface area (Å²) in [6, 6.07) is 3.76. The van der Waals surface area contributed by atoms with Gasteiger partial charge in [0.25, 0.3) is 11.5 Å². The van der Waals surface area contributed by atoms with E-state index in [2.05, 4.69) is 4.90 Å². The van der Waals surface area contributed by atoms with Crippen molar-refractivity contribution in [1.82, 2.24) is 14.3 Å². The number of thiocarbonyl (C=S) groups is 1. The summed E-state index contributed by atoms with van der Waals surface area (Å²) in [6.45, 7) is 5.50. The van der Waals surface area contributed by atoms with Crippen LogP contribution in [-0.4, -0.2) is 70.1 Å². The standard InChI is InChI=1S/C22H24N4O4S2/c1-14-4-2-6-25-18(14)23-19(24-7-10-29-11-8-24)16(20(25)27)12-17-21(28)26(22(31)32-17)13-15-5-3-9-30-15/h2,4,6,12,15H,3,5,7-11,13H2,1H3/b17-12-/t15-/m0/s1. The van der Waals surface area contributed by atoms with Crippen molar-refractivity contribution in [3.8, 4) is 0 Å². The van der Waals surface area contributed by atoms with Crippen molar-refractivity contribution in [1.29, 1.82) is 0 Å². The lowest BCUT2D eigenvalue weighted by Crippen LogP contribution is -2.39. The molecule has 3 fully saturated rings. The molecule has 1 atom stereocenters. The van der Waals surface area contributed by atoms with Gasteiger partial charge in [-0.3, -0.25) is 18.9 Å². The van der Waals surface area contributed by atoms with Crippen LogP contribution in [0.25, 0.3) is 11.7 Å². The first-order valence-corrected chi connectivity index (χ1v) is 12.0. The zero-order chi connectivity index (χ0) is 22.2. The predicted octanol–water partition coefficient (Wildman–Crippen LogP) is 2.22. The molecule has 168 valence electrons. The Morgan fingerprint density at radius 3 is 2.84 bits per heavy atom. The van der Waals surface area contributed by atoms with Crippen molar-refractivity contribution in [3.05, 3.63) is 44.7 Å². The molecule has 0 aromatic carbocycles. The number of anilines is 1. The number of carbonyl (C=O) groups excluding carboxylic acids is 1. The van der Waals surface area contributed by atoms with Crippen LogP contribution in [0.2, 0.25) is 0 Å². The van der Waals surface area contributed by atoms with Gasteiger partial charge in [-0.25, -0.2) is 4.98 Å². The zero-order valence-corrected chi connectivity index (χ0v) is 19.4. The topological polar surface area (TPSA) is 76.4 Å². The fraction of sp³-hybridized carbons (Fsp3) is 0.455. The molecule has 10 heteroatoms. The van der Waals surface area contributed by atoms with Crippen molar-refractivity contribution in [2.75, 3.05) is 44.4 Å². The Hall–Kier alpha value is -2.27. The maximum absolute atomic E-state index is 13.5. The van der Waals surface area contributed by atoms with Gasteiger partial charge in [-0.15, -0.1) is 0 Å². The molecule has 0 aliphatic carbocycles. The first-order chi connectivity index (χ1) is 15.5. The average molecular weight is 473 g/mol. The molecule has 0 unspecified atom stereocenters. The number of hydrogen-bond donors (Lipinski definition) is 0. The molecule has 3 saturated heterocycles. The van der Waals surface area contributed by atoms with E-state index in [0.717, 1.165) is 25.0 Å². The minimum absolute atomic E-state index is 0.0108. The maximum Gasteiger partial charge on any atom is 0.267 e. The molecular weight excluding hydrogens is 448 g/mol. The van der Waals surface area contributed by atoms with Crippen molar-refractivity contribution in [2.45, 2.75) is 25.9 Å². The first kappa shape index (κ1) is 21.6. The van der Waals surface area contributed by atoms with Gasteiger partial charge in [0, 0.05) is 25.9 Å². The minimum Gasteiger partial charge on any atom is -0.378 e. The molecule has 1 amide bonds. The number of carbonyl (C=O) groups is 1. The van der Waals surface area contributed by atoms with Crippen LogP contribution in [-0.2, 0) is 14.3 Å². The van der Waals surface area contributed by atoms with E-state index in [1.807, 2.05) is 19.1 Å². The Morgan fingerprint density at radius 2 is 2.09 bits per heavy atom. The van der Waals surface area contributed by atoms with Crippen LogP contribution in [0.4, 0.5) is 5.82 Å². The Balaban J connectivity index is 1.57. The maximum atomic E-state index is 13.5. The minimum atomic E-state index is -0.204. The Labute approximate surface area is 195 Å². The molecular formula is C22H24N4O4S2. The molecule has 0 bridgehead atoms. The molecule has 0 saturated carbocycles. The summed E-state index contributed by atoms with van der Waals surface area (Å²) in [4.78, 5) is 35.6. The van der Waals surface area contributed by atoms with E-state index in [-0.39, 0.29) is 17.6 Å². The normalized spacial score (nSPS) is 23.2. The van der Waals surface area contributed by atoms with Gasteiger partial charge < -0.3 is 14.4 Å². The number of aryl methyl sites for hydroxylation is 1. The van der Waals surface area contributed by atoms with Crippen LogP contribution in [0.15, 0.2) is 28.0 Å². The van der Waals surface area contributed by atoms with E-state index in [9.17, 15) is 9.59 Å². The Kier molecular flexibility index (Phi) is 6.02. The van der Waals surface area contributed by atoms with Gasteiger partial charge in [0.1, 0.15) is 15.8 Å². The van der Waals surface area contributed by atoms with Gasteiger partial charge >= 0.3 is 0 Å². The highest BCUT2D eigenvalue weighted by Gasteiger charge is 2.35. The van der Waals surface area contributed by atoms with E-state index < -0.39 is 0 Å². The van der Waals surface area contributed by atoms with Gasteiger partial charge in [-0.1, -0.05) is 30.0 Å². The van der Waals surface area contributed by atoms with E-state index in [0.29, 0.717) is 59.1 Å². The first-order valence-electron chi connectivity index (χ1n) is 10.7. The van der Waals surface area contributed by atoms with Crippen molar-refractivity contribution >= 4 is 51.7 Å². The smallest absolute Gasteiger partial charge is 0.267 e. The lowest BCUT2D eigenvalue weighted by atomic mass is 10.2. The lowest BCUT2D eigenvalue weighted by Gasteiger charge is -2.29. The van der Waals surface area contributed by atoms with Crippen LogP contribution in [0.3, 0.4) is 0 Å². The summed E-state index contributed by atoms with van der Waals surface area (Å²) < 4.78 is 13.2. The van der Waals surface area contributed by atoms with Crippen LogP contribution in [0.1, 0.15) is 24.0 Å². The highest BCUT2D eigenvalue weighted by molar-refractivity contribution is 8.26. The SMILES string of the molecule is Cc1cccn2c(=O)c(/C=C3\SC(=S)N(C[C@@H]4CCCO4)C3=O)c(N3CCOCC3)nc12. The third kappa shape index (κ3) is 3.96. The van der Waals surface area contributed by atoms with Gasteiger partial charge in [0.05, 0.1) is 36.3 Å². The molecule has 5 heterocycles. The number of morpholine rings is 1. The monoisotopic (exact) mass is 472 g/mol. The molecule has 0 radical (unpaired) electrons. The summed E-state index contributed by atoms with van der Waals surface area (Å²) in [5.74, 6) is 0.397. The highest BCUT2D eigenvalue weighted by atomic mass is 32.2. The summed E-state index contributed by atoms with van der Waals surface area (Å²) in [7, 11) is 0. The highest BCUT2D eigenvalue weighted by Crippen LogP contribution is 2.34. The second-order valence-electron chi connectivity index (χ2n) is 8.07. The van der Waals surface area contributed by atoms with Gasteiger partial charge in [-0.2, -0.15) is 0 Å². The Bertz CT molecular complexity index is 1170. The molecule has 2 aromatic rings. The van der Waals surface area contributed by atoms with E-state index in [1.54, 1.807) is 17.2 Å². The second kappa shape index (κ2) is 8.93. The molecule has 3 aliphatic rings. The molecule has 0 N–H and O–H groups in total. The van der Waals surface area contributed by atoms with E-state index in [4.69, 9.17) is 26.7 Å². The van der Waals surface area contributed by atoms with Gasteiger partial charge in [0.15, 0.2) is 0 Å². The number of aromatic nitrogens is 2. The third-order valence-corrected chi connectivity index (χ3v) is 7.31. The van der Waals surface area contributed by atoms with Gasteiger partial charge in [0.2, 0.25) is 0 Å². The molecule has 32 heavy (non-hydrogen) atoms. The molecule has 8 nitrogen and oxygen atoms in total. The summed E-state index contributed by atoms with van der Waals surface area (Å²) >= 11 is 6.70. The number of amides is 1. The lowest BCUT2D eigenvalue weighted by molar-refractivity contribution is -0.123. The fourth-order valence-electron chi connectivity index (χ4n) is 4.22. The number of rotatable bonds is 4. The third-order valence-electron chi connectivity index (χ3n) is 5.93. The average Bonchev–Trinajstić information content (AvgIpc) is 3.41. The summed E-state index contributed by atoms with van der Waals surface area (Å²) in [6.07, 6.45) is 5.30. The molecule has 3 aliphatic heterocycles. The molecule has 2 aromatic heterocycles. The summed E-state index contributed by atoms with van der Waals surface area (Å²) in [5.41, 5.74) is 1.72. The zero-order valence-electron chi connectivity index (χ0n) is 17.8. The second-order valence-corrected chi connectivity index (χ2v) is 9.74. The van der Waals surface area contributed by atoms with Crippen LogP contribution in [0.5, 0.6) is 0 Å². The Morgan fingerprint density at radius 1 is 1.28 bits per heavy atom. The van der Waals surface area contributed by atoms with E-state index >= 15 is 0 Å². The van der Waals surface area contributed by atoms with Crippen molar-refractivity contribution in [2.24, 2.45) is 0 Å². The van der Waals surface area contributed by atoms with Crippen LogP contribution in [0, 0.1) is 6.92 Å². The summed E-state index contributed by atoms with van der Waals surface area (Å²) in [5, 5.41) is 0. The number of nitrogens with zero attached hydrogens (tertiary/aromatic N) is 4. The van der Waals surface area contributed by atoms with E-state index in [1.165, 1.54) is 16.2 Å². The van der Waals surface area contributed by atoms with Crippen molar-refractivity contribution in [3.63, 3.8) is 0 Å². The van der Waals surface area contributed by atoms with Crippen LogP contribution >= 0.6 is 24.0 Å². The number of ether oxygens (including phenoxy) is 2. The number of thioether (sulfide) groups is 1. The predicted molar refractivity (Wildman–Crippen MR) is 128 cm³/mol. The number of pyridine rings is 1. The largest absolute Gasteiger partial charge is 0.378 e. The number of hydrogen-bond acceptors (Lipinski definition) is 8. The molecule has 0 spiro atoms. The van der Waals surface area contributed by atoms with Crippen LogP contribution < -0.4 is 10.5 Å². The van der Waals surface area contributed by atoms with Gasteiger partial charge in [-0.05, 0) is 37.5 Å². The molecule has 5 rings (SSSR count). The van der Waals surface area contributed by atoms with Crippen molar-refractivity contribution < 1.29 is 14.3 Å².